The van der Waals surface area contributed by atoms with Crippen molar-refractivity contribution in [1.29, 1.82) is 0 Å². The van der Waals surface area contributed by atoms with E-state index < -0.39 is 0 Å². The lowest BCUT2D eigenvalue weighted by Gasteiger charge is -1.99. The molecule has 0 aliphatic rings. The third-order valence-corrected chi connectivity index (χ3v) is 2.36. The van der Waals surface area contributed by atoms with E-state index in [4.69, 9.17) is 0 Å². The largest absolute Gasteiger partial charge is 0.353 e. The summed E-state index contributed by atoms with van der Waals surface area (Å²) in [6, 6.07) is 5.07. The molecule has 0 heterocycles. The molecule has 0 aliphatic heterocycles. The average Bonchev–Trinajstić information content (AvgIpc) is 2.18. The van der Waals surface area contributed by atoms with Gasteiger partial charge in [-0.15, -0.1) is 0 Å². The predicted molar refractivity (Wildman–Crippen MR) is 61.8 cm³/mol. The Labute approximate surface area is 96.3 Å². The van der Waals surface area contributed by atoms with Crippen molar-refractivity contribution in [2.45, 2.75) is 6.92 Å². The fourth-order valence-electron chi connectivity index (χ4n) is 1.04. The van der Waals surface area contributed by atoms with Gasteiger partial charge in [-0.25, -0.2) is 4.39 Å². The van der Waals surface area contributed by atoms with Crippen LogP contribution in [0.4, 0.5) is 4.39 Å². The molecule has 2 nitrogen and oxygen atoms in total. The predicted octanol–water partition coefficient (Wildman–Crippen LogP) is 2.74. The summed E-state index contributed by atoms with van der Waals surface area (Å²) in [4.78, 5) is 10.5. The molecule has 4 heteroatoms. The number of hydrogen-bond acceptors (Lipinski definition) is 1. The highest BCUT2D eigenvalue weighted by Gasteiger charge is 2.01. The molecular formula is C11H11BrFNO. The van der Waals surface area contributed by atoms with E-state index in [1.807, 2.05) is 0 Å². The molecule has 80 valence electrons. The topological polar surface area (TPSA) is 29.1 Å². The maximum atomic E-state index is 13.4. The van der Waals surface area contributed by atoms with Crippen LogP contribution in [0, 0.1) is 5.82 Å². The van der Waals surface area contributed by atoms with Gasteiger partial charge < -0.3 is 5.32 Å². The Morgan fingerprint density at radius 1 is 1.60 bits per heavy atom. The summed E-state index contributed by atoms with van der Waals surface area (Å²) in [6.45, 7) is 1.84. The van der Waals surface area contributed by atoms with E-state index in [0.29, 0.717) is 16.6 Å². The van der Waals surface area contributed by atoms with Crippen molar-refractivity contribution in [3.05, 3.63) is 40.1 Å². The Morgan fingerprint density at radius 3 is 3.00 bits per heavy atom. The summed E-state index contributed by atoms with van der Waals surface area (Å²) in [5.74, 6) is -0.397. The Kier molecular flexibility index (Phi) is 4.49. The summed E-state index contributed by atoms with van der Waals surface area (Å²) >= 11 is 3.10. The van der Waals surface area contributed by atoms with Crippen LogP contribution in [-0.4, -0.2) is 12.5 Å². The molecule has 1 aromatic rings. The van der Waals surface area contributed by atoms with Crippen molar-refractivity contribution in [3.63, 3.8) is 0 Å². The van der Waals surface area contributed by atoms with Gasteiger partial charge in [-0.05, 0) is 22.0 Å². The zero-order chi connectivity index (χ0) is 11.3. The molecule has 0 aromatic heterocycles. The molecule has 1 amide bonds. The Balaban J connectivity index is 2.64. The molecule has 1 rings (SSSR count). The molecule has 0 saturated heterocycles. The third kappa shape index (κ3) is 3.83. The quantitative estimate of drug-likeness (QED) is 0.900. The van der Waals surface area contributed by atoms with Gasteiger partial charge in [0.1, 0.15) is 5.82 Å². The molecule has 0 saturated carbocycles. The van der Waals surface area contributed by atoms with Crippen molar-refractivity contribution >= 4 is 27.9 Å². The monoisotopic (exact) mass is 271 g/mol. The van der Waals surface area contributed by atoms with Gasteiger partial charge in [0.25, 0.3) is 0 Å². The summed E-state index contributed by atoms with van der Waals surface area (Å²) in [5.41, 5.74) is 0.495. The van der Waals surface area contributed by atoms with Gasteiger partial charge in [0, 0.05) is 19.0 Å². The third-order valence-electron chi connectivity index (χ3n) is 1.75. The Morgan fingerprint density at radius 2 is 2.33 bits per heavy atom. The molecule has 1 aromatic carbocycles. The minimum absolute atomic E-state index is 0.102. The highest BCUT2D eigenvalue weighted by molar-refractivity contribution is 9.10. The SMILES string of the molecule is CC(=O)NCC=Cc1cccc(Br)c1F. The number of nitrogens with one attached hydrogen (secondary N) is 1. The van der Waals surface area contributed by atoms with Crippen LogP contribution in [0.5, 0.6) is 0 Å². The fraction of sp³-hybridized carbons (Fsp3) is 0.182. The van der Waals surface area contributed by atoms with Gasteiger partial charge in [-0.1, -0.05) is 24.3 Å². The van der Waals surface area contributed by atoms with Gasteiger partial charge >= 0.3 is 0 Å². The molecule has 1 N–H and O–H groups in total. The van der Waals surface area contributed by atoms with Crippen LogP contribution in [-0.2, 0) is 4.79 Å². The lowest BCUT2D eigenvalue weighted by atomic mass is 10.2. The number of carbonyl (C=O) groups excluding carboxylic acids is 1. The first kappa shape index (κ1) is 11.9. The van der Waals surface area contributed by atoms with Crippen LogP contribution in [0.1, 0.15) is 12.5 Å². The first-order valence-electron chi connectivity index (χ1n) is 4.46. The molecule has 0 fully saturated rings. The molecule has 0 spiro atoms. The zero-order valence-electron chi connectivity index (χ0n) is 8.26. The first-order chi connectivity index (χ1) is 7.11. The van der Waals surface area contributed by atoms with Crippen molar-refractivity contribution < 1.29 is 9.18 Å². The van der Waals surface area contributed by atoms with E-state index in [1.165, 1.54) is 6.92 Å². The van der Waals surface area contributed by atoms with Gasteiger partial charge in [0.2, 0.25) is 5.91 Å². The molecule has 0 aliphatic carbocycles. The molecule has 0 unspecified atom stereocenters. The van der Waals surface area contributed by atoms with Crippen molar-refractivity contribution in [1.82, 2.24) is 5.32 Å². The standard InChI is InChI=1S/C11H11BrFNO/c1-8(15)14-7-3-5-9-4-2-6-10(12)11(9)13/h2-6H,7H2,1H3,(H,14,15). The number of rotatable bonds is 3. The summed E-state index contributed by atoms with van der Waals surface area (Å²) in [5, 5.41) is 2.59. The van der Waals surface area contributed by atoms with Crippen LogP contribution in [0.15, 0.2) is 28.7 Å². The van der Waals surface area contributed by atoms with E-state index in [1.54, 1.807) is 30.4 Å². The average molecular weight is 272 g/mol. The molecule has 0 bridgehead atoms. The van der Waals surface area contributed by atoms with Gasteiger partial charge in [0.05, 0.1) is 4.47 Å². The second-order valence-corrected chi connectivity index (χ2v) is 3.84. The lowest BCUT2D eigenvalue weighted by Crippen LogP contribution is -2.19. The first-order valence-corrected chi connectivity index (χ1v) is 5.25. The summed E-state index contributed by atoms with van der Waals surface area (Å²) < 4.78 is 13.8. The smallest absolute Gasteiger partial charge is 0.217 e. The maximum absolute atomic E-state index is 13.4. The van der Waals surface area contributed by atoms with Crippen molar-refractivity contribution in [2.24, 2.45) is 0 Å². The second kappa shape index (κ2) is 5.66. The zero-order valence-corrected chi connectivity index (χ0v) is 9.84. The lowest BCUT2D eigenvalue weighted by molar-refractivity contribution is -0.118. The second-order valence-electron chi connectivity index (χ2n) is 2.98. The highest BCUT2D eigenvalue weighted by Crippen LogP contribution is 2.19. The fourth-order valence-corrected chi connectivity index (χ4v) is 1.42. The van der Waals surface area contributed by atoms with E-state index in [0.717, 1.165) is 0 Å². The van der Waals surface area contributed by atoms with Crippen LogP contribution in [0.25, 0.3) is 6.08 Å². The Hall–Kier alpha value is -1.16. The van der Waals surface area contributed by atoms with E-state index >= 15 is 0 Å². The molecule has 15 heavy (non-hydrogen) atoms. The van der Waals surface area contributed by atoms with E-state index in [-0.39, 0.29) is 11.7 Å². The van der Waals surface area contributed by atoms with E-state index in [9.17, 15) is 9.18 Å². The normalized spacial score (nSPS) is 10.6. The summed E-state index contributed by atoms with van der Waals surface area (Å²) in [7, 11) is 0. The minimum atomic E-state index is -0.295. The highest BCUT2D eigenvalue weighted by atomic mass is 79.9. The number of amides is 1. The van der Waals surface area contributed by atoms with Crippen molar-refractivity contribution in [3.8, 4) is 0 Å². The molecular weight excluding hydrogens is 261 g/mol. The van der Waals surface area contributed by atoms with Crippen LogP contribution >= 0.6 is 15.9 Å². The minimum Gasteiger partial charge on any atom is -0.353 e. The molecule has 0 radical (unpaired) electrons. The van der Waals surface area contributed by atoms with Crippen LogP contribution in [0.2, 0.25) is 0 Å². The molecule has 0 atom stereocenters. The number of carbonyl (C=O) groups is 1. The Bertz CT molecular complexity index is 390. The van der Waals surface area contributed by atoms with Gasteiger partial charge in [-0.2, -0.15) is 0 Å². The number of benzene rings is 1. The van der Waals surface area contributed by atoms with Crippen molar-refractivity contribution in [2.75, 3.05) is 6.54 Å². The summed E-state index contributed by atoms with van der Waals surface area (Å²) in [6.07, 6.45) is 3.34. The van der Waals surface area contributed by atoms with E-state index in [2.05, 4.69) is 21.2 Å². The van der Waals surface area contributed by atoms with Crippen LogP contribution < -0.4 is 5.32 Å². The maximum Gasteiger partial charge on any atom is 0.217 e. The number of halogens is 2. The van der Waals surface area contributed by atoms with Gasteiger partial charge in [-0.3, -0.25) is 4.79 Å². The van der Waals surface area contributed by atoms with Gasteiger partial charge in [0.15, 0.2) is 0 Å². The van der Waals surface area contributed by atoms with Crippen LogP contribution in [0.3, 0.4) is 0 Å². The number of hydrogen-bond donors (Lipinski definition) is 1.